The van der Waals surface area contributed by atoms with E-state index in [9.17, 15) is 8.42 Å². The van der Waals surface area contributed by atoms with Crippen LogP contribution in [-0.4, -0.2) is 30.1 Å². The molecule has 2 rings (SSSR count). The summed E-state index contributed by atoms with van der Waals surface area (Å²) >= 11 is 0. The Hall–Kier alpha value is -1.86. The minimum atomic E-state index is -3.65. The first-order valence-corrected chi connectivity index (χ1v) is 7.74. The number of H-pyrrole nitrogens is 1. The van der Waals surface area contributed by atoms with Gasteiger partial charge in [-0.15, -0.1) is 0 Å². The second-order valence-electron chi connectivity index (χ2n) is 4.47. The van der Waals surface area contributed by atoms with Crippen LogP contribution in [-0.2, 0) is 16.4 Å². The number of aromatic amines is 1. The van der Waals surface area contributed by atoms with Crippen molar-refractivity contribution >= 4 is 15.7 Å². The Labute approximate surface area is 117 Å². The van der Waals surface area contributed by atoms with Gasteiger partial charge in [0.05, 0.1) is 6.20 Å². The summed E-state index contributed by atoms with van der Waals surface area (Å²) in [4.78, 5) is 6.57. The molecule has 20 heavy (non-hydrogen) atoms. The fourth-order valence-electron chi connectivity index (χ4n) is 1.82. The zero-order valence-electron chi connectivity index (χ0n) is 11.1. The number of nitrogens with one attached hydrogen (secondary N) is 2. The highest BCUT2D eigenvalue weighted by atomic mass is 32.2. The monoisotopic (exact) mass is 295 g/mol. The third-order valence-corrected chi connectivity index (χ3v) is 4.06. The highest BCUT2D eigenvalue weighted by Gasteiger charge is 2.16. The molecule has 0 atom stereocenters. The lowest BCUT2D eigenvalue weighted by Crippen LogP contribution is -2.13. The maximum absolute atomic E-state index is 12.1. The van der Waals surface area contributed by atoms with Gasteiger partial charge in [-0.25, -0.2) is 4.98 Å². The minimum Gasteiger partial charge on any atom is -0.396 e. The summed E-state index contributed by atoms with van der Waals surface area (Å²) in [5.41, 5.74) is 1.47. The Kier molecular flexibility index (Phi) is 4.41. The highest BCUT2D eigenvalue weighted by Crippen LogP contribution is 2.16. The summed E-state index contributed by atoms with van der Waals surface area (Å²) in [5, 5.41) is 8.85. The van der Waals surface area contributed by atoms with Crippen LogP contribution in [0.25, 0.3) is 0 Å². The first-order chi connectivity index (χ1) is 9.51. The second kappa shape index (κ2) is 6.06. The molecule has 0 saturated heterocycles. The van der Waals surface area contributed by atoms with E-state index >= 15 is 0 Å². The standard InChI is InChI=1S/C13H17N3O3S/c1-10-14-9-13(15-10)20(18,19)16-12-6-2-4-11(8-12)5-3-7-17/h2,4,6,8-9,16-17H,3,5,7H2,1H3,(H,14,15). The first-order valence-electron chi connectivity index (χ1n) is 6.25. The Morgan fingerprint density at radius 2 is 2.20 bits per heavy atom. The molecule has 1 aromatic carbocycles. The van der Waals surface area contributed by atoms with Crippen LogP contribution in [0, 0.1) is 6.92 Å². The van der Waals surface area contributed by atoms with Gasteiger partial charge in [0, 0.05) is 12.3 Å². The lowest BCUT2D eigenvalue weighted by molar-refractivity contribution is 0.288. The van der Waals surface area contributed by atoms with Gasteiger partial charge in [0.15, 0.2) is 5.03 Å². The van der Waals surface area contributed by atoms with Crippen molar-refractivity contribution in [2.75, 3.05) is 11.3 Å². The number of imidazole rings is 1. The quantitative estimate of drug-likeness (QED) is 0.751. The van der Waals surface area contributed by atoms with Crippen molar-refractivity contribution in [1.29, 1.82) is 0 Å². The van der Waals surface area contributed by atoms with Crippen LogP contribution in [0.3, 0.4) is 0 Å². The van der Waals surface area contributed by atoms with Crippen molar-refractivity contribution in [3.8, 4) is 0 Å². The molecule has 0 spiro atoms. The molecule has 7 heteroatoms. The van der Waals surface area contributed by atoms with Gasteiger partial charge in [0.25, 0.3) is 10.0 Å². The SMILES string of the molecule is Cc1ncc(S(=O)(=O)Nc2cccc(CCCO)c2)[nH]1. The van der Waals surface area contributed by atoms with Crippen LogP contribution in [0.1, 0.15) is 17.8 Å². The predicted octanol–water partition coefficient (Wildman–Crippen LogP) is 1.44. The fourth-order valence-corrected chi connectivity index (χ4v) is 2.84. The number of aliphatic hydroxyl groups is 1. The molecule has 0 aliphatic rings. The van der Waals surface area contributed by atoms with Gasteiger partial charge in [0.2, 0.25) is 0 Å². The Balaban J connectivity index is 2.17. The van der Waals surface area contributed by atoms with Crippen LogP contribution in [0.4, 0.5) is 5.69 Å². The maximum Gasteiger partial charge on any atom is 0.278 e. The molecule has 2 aromatic rings. The van der Waals surface area contributed by atoms with Gasteiger partial charge >= 0.3 is 0 Å². The molecule has 0 radical (unpaired) electrons. The van der Waals surface area contributed by atoms with Crippen molar-refractivity contribution in [2.45, 2.75) is 24.8 Å². The number of nitrogens with zero attached hydrogens (tertiary/aromatic N) is 1. The molecule has 0 unspecified atom stereocenters. The molecule has 3 N–H and O–H groups in total. The maximum atomic E-state index is 12.1. The normalized spacial score (nSPS) is 11.5. The molecular formula is C13H17N3O3S. The molecule has 0 saturated carbocycles. The molecule has 1 heterocycles. The molecule has 108 valence electrons. The smallest absolute Gasteiger partial charge is 0.278 e. The fraction of sp³-hybridized carbons (Fsp3) is 0.308. The second-order valence-corrected chi connectivity index (χ2v) is 6.12. The van der Waals surface area contributed by atoms with Gasteiger partial charge in [-0.1, -0.05) is 12.1 Å². The Bertz CT molecular complexity index is 680. The molecule has 0 aliphatic heterocycles. The number of sulfonamides is 1. The van der Waals surface area contributed by atoms with Crippen LogP contribution < -0.4 is 4.72 Å². The number of benzene rings is 1. The van der Waals surface area contributed by atoms with E-state index in [-0.39, 0.29) is 11.6 Å². The summed E-state index contributed by atoms with van der Waals surface area (Å²) in [6, 6.07) is 7.12. The Morgan fingerprint density at radius 3 is 2.85 bits per heavy atom. The predicted molar refractivity (Wildman–Crippen MR) is 76.0 cm³/mol. The number of aliphatic hydroxyl groups excluding tert-OH is 1. The summed E-state index contributed by atoms with van der Waals surface area (Å²) < 4.78 is 26.7. The van der Waals surface area contributed by atoms with Crippen LogP contribution in [0.5, 0.6) is 0 Å². The van der Waals surface area contributed by atoms with Crippen molar-refractivity contribution in [3.63, 3.8) is 0 Å². The van der Waals surface area contributed by atoms with E-state index in [2.05, 4.69) is 14.7 Å². The molecular weight excluding hydrogens is 278 g/mol. The van der Waals surface area contributed by atoms with Gasteiger partial charge in [-0.3, -0.25) is 4.72 Å². The van der Waals surface area contributed by atoms with E-state index in [4.69, 9.17) is 5.11 Å². The number of hydrogen-bond acceptors (Lipinski definition) is 4. The number of anilines is 1. The average Bonchev–Trinajstić information content (AvgIpc) is 2.84. The van der Waals surface area contributed by atoms with E-state index in [0.29, 0.717) is 24.4 Å². The molecule has 0 fully saturated rings. The summed E-state index contributed by atoms with van der Waals surface area (Å²) in [6.45, 7) is 1.80. The van der Waals surface area contributed by atoms with E-state index in [1.54, 1.807) is 25.1 Å². The molecule has 1 aromatic heterocycles. The van der Waals surface area contributed by atoms with Gasteiger partial charge in [-0.05, 0) is 37.5 Å². The summed E-state index contributed by atoms with van der Waals surface area (Å²) in [5.74, 6) is 0.544. The molecule has 0 bridgehead atoms. The van der Waals surface area contributed by atoms with Crippen LogP contribution in [0.2, 0.25) is 0 Å². The average molecular weight is 295 g/mol. The molecule has 0 aliphatic carbocycles. The molecule has 6 nitrogen and oxygen atoms in total. The highest BCUT2D eigenvalue weighted by molar-refractivity contribution is 7.92. The van der Waals surface area contributed by atoms with Crippen LogP contribution in [0.15, 0.2) is 35.5 Å². The third kappa shape index (κ3) is 3.58. The third-order valence-electron chi connectivity index (χ3n) is 2.77. The van der Waals surface area contributed by atoms with Crippen LogP contribution >= 0.6 is 0 Å². The van der Waals surface area contributed by atoms with Gasteiger partial charge in [0.1, 0.15) is 5.82 Å². The summed E-state index contributed by atoms with van der Waals surface area (Å²) in [7, 11) is -3.65. The van der Waals surface area contributed by atoms with Crippen molar-refractivity contribution in [3.05, 3.63) is 41.9 Å². The zero-order chi connectivity index (χ0) is 14.6. The van der Waals surface area contributed by atoms with E-state index in [1.807, 2.05) is 6.07 Å². The number of hydrogen-bond donors (Lipinski definition) is 3. The topological polar surface area (TPSA) is 95.1 Å². The largest absolute Gasteiger partial charge is 0.396 e. The van der Waals surface area contributed by atoms with Gasteiger partial charge < -0.3 is 10.1 Å². The van der Waals surface area contributed by atoms with Crippen molar-refractivity contribution < 1.29 is 13.5 Å². The van der Waals surface area contributed by atoms with Crippen molar-refractivity contribution in [2.24, 2.45) is 0 Å². The number of aryl methyl sites for hydroxylation is 2. The van der Waals surface area contributed by atoms with Crippen molar-refractivity contribution in [1.82, 2.24) is 9.97 Å². The zero-order valence-corrected chi connectivity index (χ0v) is 11.9. The lowest BCUT2D eigenvalue weighted by atomic mass is 10.1. The number of rotatable bonds is 6. The number of aromatic nitrogens is 2. The van der Waals surface area contributed by atoms with E-state index in [1.165, 1.54) is 6.20 Å². The van der Waals surface area contributed by atoms with E-state index < -0.39 is 10.0 Å². The molecule has 0 amide bonds. The minimum absolute atomic E-state index is 0.0377. The van der Waals surface area contributed by atoms with E-state index in [0.717, 1.165) is 5.56 Å². The Morgan fingerprint density at radius 1 is 1.40 bits per heavy atom. The van der Waals surface area contributed by atoms with Gasteiger partial charge in [-0.2, -0.15) is 8.42 Å². The first kappa shape index (κ1) is 14.5. The summed E-state index contributed by atoms with van der Waals surface area (Å²) in [6.07, 6.45) is 2.64. The lowest BCUT2D eigenvalue weighted by Gasteiger charge is -2.08.